The lowest BCUT2D eigenvalue weighted by Gasteiger charge is -2.15. The fourth-order valence-electron chi connectivity index (χ4n) is 5.24. The van der Waals surface area contributed by atoms with Crippen molar-refractivity contribution < 1.29 is 0 Å². The third kappa shape index (κ3) is 12.4. The second kappa shape index (κ2) is 19.9. The highest BCUT2D eigenvalue weighted by molar-refractivity contribution is 5.82. The van der Waals surface area contributed by atoms with Crippen LogP contribution in [0, 0.1) is 23.7 Å². The molecule has 0 N–H and O–H groups in total. The quantitative estimate of drug-likeness (QED) is 0.117. The number of para-hydroxylation sites is 2. The molecule has 0 saturated heterocycles. The van der Waals surface area contributed by atoms with E-state index in [-0.39, 0.29) is 0 Å². The lowest BCUT2D eigenvalue weighted by atomic mass is 9.93. The number of hydrogen-bond donors (Lipinski definition) is 0. The zero-order valence-electron chi connectivity index (χ0n) is 27.9. The maximum absolute atomic E-state index is 4.77. The van der Waals surface area contributed by atoms with Crippen molar-refractivity contribution in [2.75, 3.05) is 0 Å². The fraction of sp³-hybridized carbons (Fsp3) is 0.550. The van der Waals surface area contributed by atoms with Crippen LogP contribution in [0.2, 0.25) is 0 Å². The molecule has 0 radical (unpaired) electrons. The van der Waals surface area contributed by atoms with Crippen molar-refractivity contribution in [3.8, 4) is 23.7 Å². The molecule has 2 nitrogen and oxygen atoms in total. The van der Waals surface area contributed by atoms with Crippen molar-refractivity contribution in [1.82, 2.24) is 0 Å². The molecule has 0 heterocycles. The van der Waals surface area contributed by atoms with Crippen LogP contribution in [-0.2, 0) is 0 Å². The van der Waals surface area contributed by atoms with Gasteiger partial charge in [0.25, 0.3) is 0 Å². The number of hydrogen-bond acceptors (Lipinski definition) is 2. The van der Waals surface area contributed by atoms with Gasteiger partial charge in [-0.1, -0.05) is 154 Å². The van der Waals surface area contributed by atoms with Gasteiger partial charge in [0.05, 0.1) is 23.8 Å². The Bertz CT molecular complexity index is 1100. The van der Waals surface area contributed by atoms with E-state index in [0.29, 0.717) is 23.7 Å². The first-order chi connectivity index (χ1) is 20.2. The van der Waals surface area contributed by atoms with Gasteiger partial charge in [0.1, 0.15) is 0 Å². The normalized spacial score (nSPS) is 11.6. The van der Waals surface area contributed by atoms with Gasteiger partial charge in [0.15, 0.2) is 0 Å². The van der Waals surface area contributed by atoms with Crippen LogP contribution in [0.4, 0.5) is 11.4 Å². The molecular formula is C40H56N2. The summed E-state index contributed by atoms with van der Waals surface area (Å²) in [5.74, 6) is 14.8. The zero-order valence-corrected chi connectivity index (χ0v) is 27.9. The molecule has 0 aromatic heterocycles. The van der Waals surface area contributed by atoms with E-state index in [1.54, 1.807) is 12.4 Å². The Morgan fingerprint density at radius 1 is 0.476 bits per heavy atom. The molecule has 2 aromatic rings. The molecule has 0 aliphatic rings. The van der Waals surface area contributed by atoms with E-state index in [1.807, 2.05) is 0 Å². The van der Waals surface area contributed by atoms with Crippen LogP contribution >= 0.6 is 0 Å². The summed E-state index contributed by atoms with van der Waals surface area (Å²) in [7, 11) is 0. The van der Waals surface area contributed by atoms with Gasteiger partial charge in [0.2, 0.25) is 0 Å². The molecule has 0 spiro atoms. The van der Waals surface area contributed by atoms with Crippen LogP contribution in [0.25, 0.3) is 0 Å². The molecule has 2 heteroatoms. The van der Waals surface area contributed by atoms with Gasteiger partial charge in [-0.2, -0.15) is 0 Å². The van der Waals surface area contributed by atoms with E-state index >= 15 is 0 Å². The summed E-state index contributed by atoms with van der Waals surface area (Å²) >= 11 is 0. The molecule has 226 valence electrons. The SMILES string of the molecule is CC(C)c1cccc(C(C)C)c1N=CC#CCCCCCCCCCCC#CC=Nc1c(C(C)C)cccc1C(C)C. The van der Waals surface area contributed by atoms with Crippen molar-refractivity contribution in [2.45, 2.75) is 143 Å². The topological polar surface area (TPSA) is 24.7 Å². The molecule has 0 fully saturated rings. The number of nitrogens with zero attached hydrogens (tertiary/aromatic N) is 2. The van der Waals surface area contributed by atoms with Crippen molar-refractivity contribution in [2.24, 2.45) is 9.98 Å². The Morgan fingerprint density at radius 3 is 1.05 bits per heavy atom. The summed E-state index contributed by atoms with van der Waals surface area (Å²) in [6.45, 7) is 17.8. The third-order valence-electron chi connectivity index (χ3n) is 7.76. The Balaban J connectivity index is 1.59. The second-order valence-corrected chi connectivity index (χ2v) is 12.7. The lowest BCUT2D eigenvalue weighted by Crippen LogP contribution is -1.95. The molecule has 42 heavy (non-hydrogen) atoms. The lowest BCUT2D eigenvalue weighted by molar-refractivity contribution is 0.573. The molecule has 0 bridgehead atoms. The molecule has 0 aliphatic carbocycles. The first-order valence-corrected chi connectivity index (χ1v) is 16.5. The van der Waals surface area contributed by atoms with Crippen LogP contribution < -0.4 is 0 Å². The molecular weight excluding hydrogens is 508 g/mol. The molecule has 0 unspecified atom stereocenters. The summed E-state index contributed by atoms with van der Waals surface area (Å²) in [6.07, 6.45) is 15.7. The van der Waals surface area contributed by atoms with Gasteiger partial charge < -0.3 is 0 Å². The maximum atomic E-state index is 4.77. The van der Waals surface area contributed by atoms with Crippen molar-refractivity contribution >= 4 is 23.8 Å². The highest BCUT2D eigenvalue weighted by Gasteiger charge is 2.13. The van der Waals surface area contributed by atoms with Gasteiger partial charge in [-0.15, -0.1) is 0 Å². The largest absolute Gasteiger partial charge is 0.247 e. The Kier molecular flexibility index (Phi) is 16.6. The summed E-state index contributed by atoms with van der Waals surface area (Å²) in [5.41, 5.74) is 7.45. The Labute approximate surface area is 258 Å². The van der Waals surface area contributed by atoms with Crippen LogP contribution in [0.15, 0.2) is 46.4 Å². The van der Waals surface area contributed by atoms with Gasteiger partial charge >= 0.3 is 0 Å². The third-order valence-corrected chi connectivity index (χ3v) is 7.76. The van der Waals surface area contributed by atoms with E-state index in [2.05, 4.69) is 115 Å². The number of rotatable bonds is 15. The minimum atomic E-state index is 0.458. The standard InChI is InChI=1S/C40H56N2/c1-31(2)35-25-23-26-36(32(3)4)39(35)41-29-21-19-17-15-13-11-9-10-12-14-16-18-20-22-30-42-40-37(33(5)6)27-24-28-38(40)34(7)8/h23-34H,9-18H2,1-8H3. The van der Waals surface area contributed by atoms with Crippen LogP contribution in [-0.4, -0.2) is 12.4 Å². The maximum Gasteiger partial charge on any atom is 0.0773 e. The summed E-state index contributed by atoms with van der Waals surface area (Å²) in [4.78, 5) is 9.54. The minimum Gasteiger partial charge on any atom is -0.247 e. The summed E-state index contributed by atoms with van der Waals surface area (Å²) in [5, 5.41) is 0. The van der Waals surface area contributed by atoms with E-state index in [0.717, 1.165) is 24.2 Å². The van der Waals surface area contributed by atoms with Crippen molar-refractivity contribution in [3.63, 3.8) is 0 Å². The van der Waals surface area contributed by atoms with Crippen molar-refractivity contribution in [3.05, 3.63) is 58.7 Å². The van der Waals surface area contributed by atoms with E-state index in [9.17, 15) is 0 Å². The van der Waals surface area contributed by atoms with Gasteiger partial charge in [-0.3, -0.25) is 0 Å². The first-order valence-electron chi connectivity index (χ1n) is 16.5. The molecule has 2 aromatic carbocycles. The van der Waals surface area contributed by atoms with E-state index in [1.165, 1.54) is 73.6 Å². The average Bonchev–Trinajstić information content (AvgIpc) is 2.95. The predicted octanol–water partition coefficient (Wildman–Crippen LogP) is 12.2. The predicted molar refractivity (Wildman–Crippen MR) is 187 cm³/mol. The minimum absolute atomic E-state index is 0.458. The molecule has 0 amide bonds. The molecule has 2 rings (SSSR count). The zero-order chi connectivity index (χ0) is 30.7. The van der Waals surface area contributed by atoms with Crippen LogP contribution in [0.3, 0.4) is 0 Å². The highest BCUT2D eigenvalue weighted by Crippen LogP contribution is 2.35. The Hall–Kier alpha value is -3.10. The summed E-state index contributed by atoms with van der Waals surface area (Å²) in [6, 6.07) is 13.1. The van der Waals surface area contributed by atoms with Gasteiger partial charge in [0, 0.05) is 12.8 Å². The summed E-state index contributed by atoms with van der Waals surface area (Å²) < 4.78 is 0. The monoisotopic (exact) mass is 564 g/mol. The number of benzene rings is 2. The van der Waals surface area contributed by atoms with Crippen LogP contribution in [0.1, 0.15) is 166 Å². The number of unbranched alkanes of at least 4 members (excludes halogenated alkanes) is 9. The first kappa shape index (κ1) is 35.1. The van der Waals surface area contributed by atoms with Gasteiger partial charge in [-0.05, 0) is 58.8 Å². The fourth-order valence-corrected chi connectivity index (χ4v) is 5.24. The van der Waals surface area contributed by atoms with Gasteiger partial charge in [-0.25, -0.2) is 9.98 Å². The second-order valence-electron chi connectivity index (χ2n) is 12.7. The van der Waals surface area contributed by atoms with E-state index in [4.69, 9.17) is 9.98 Å². The van der Waals surface area contributed by atoms with E-state index < -0.39 is 0 Å². The van der Waals surface area contributed by atoms with Crippen LogP contribution in [0.5, 0.6) is 0 Å². The molecule has 0 aliphatic heterocycles. The number of aliphatic imine (C=N–C) groups is 2. The van der Waals surface area contributed by atoms with Crippen molar-refractivity contribution in [1.29, 1.82) is 0 Å². The highest BCUT2D eigenvalue weighted by atomic mass is 14.7. The Morgan fingerprint density at radius 2 is 0.762 bits per heavy atom. The molecule has 0 atom stereocenters. The molecule has 0 saturated carbocycles. The smallest absolute Gasteiger partial charge is 0.0773 e. The average molecular weight is 565 g/mol.